The second kappa shape index (κ2) is 5.98. The molecule has 0 aliphatic heterocycles. The van der Waals surface area contributed by atoms with Crippen LogP contribution in [0.25, 0.3) is 17.2 Å². The van der Waals surface area contributed by atoms with E-state index in [0.29, 0.717) is 23.3 Å². The van der Waals surface area contributed by atoms with Crippen molar-refractivity contribution in [2.75, 3.05) is 17.6 Å². The molecular formula is C14H14ClN7. The molecule has 0 aromatic carbocycles. The van der Waals surface area contributed by atoms with Gasteiger partial charge in [-0.3, -0.25) is 4.98 Å². The van der Waals surface area contributed by atoms with E-state index in [2.05, 4.69) is 25.4 Å². The number of anilines is 2. The van der Waals surface area contributed by atoms with Gasteiger partial charge >= 0.3 is 0 Å². The molecule has 3 rings (SSSR count). The standard InChI is InChI=1S/C14H14ClN7/c1-2-17-13-11(15)12(16)20-14(21-13)22-8-9(7-19-22)10-5-3-4-6-18-10/h3-8H,2H2,1H3,(H3,16,17,20,21). The smallest absolute Gasteiger partial charge is 0.254 e. The van der Waals surface area contributed by atoms with Crippen molar-refractivity contribution < 1.29 is 0 Å². The van der Waals surface area contributed by atoms with Crippen molar-refractivity contribution in [3.63, 3.8) is 0 Å². The van der Waals surface area contributed by atoms with E-state index < -0.39 is 0 Å². The van der Waals surface area contributed by atoms with Crippen LogP contribution in [0.5, 0.6) is 0 Å². The molecule has 0 aliphatic carbocycles. The van der Waals surface area contributed by atoms with Gasteiger partial charge in [0.25, 0.3) is 5.95 Å². The number of halogens is 1. The zero-order chi connectivity index (χ0) is 15.5. The van der Waals surface area contributed by atoms with Crippen LogP contribution in [0, 0.1) is 0 Å². The highest BCUT2D eigenvalue weighted by Crippen LogP contribution is 2.26. The van der Waals surface area contributed by atoms with Crippen molar-refractivity contribution in [2.45, 2.75) is 6.92 Å². The van der Waals surface area contributed by atoms with E-state index in [1.807, 2.05) is 25.1 Å². The first-order valence-electron chi connectivity index (χ1n) is 6.72. The monoisotopic (exact) mass is 315 g/mol. The third kappa shape index (κ3) is 2.71. The number of pyridine rings is 1. The second-order valence-electron chi connectivity index (χ2n) is 4.49. The number of nitrogens with one attached hydrogen (secondary N) is 1. The highest BCUT2D eigenvalue weighted by atomic mass is 35.5. The molecule has 0 atom stereocenters. The predicted molar refractivity (Wildman–Crippen MR) is 86.0 cm³/mol. The molecule has 0 bridgehead atoms. The van der Waals surface area contributed by atoms with Gasteiger partial charge in [-0.05, 0) is 19.1 Å². The first-order chi connectivity index (χ1) is 10.7. The molecule has 7 nitrogen and oxygen atoms in total. The number of hydrogen-bond acceptors (Lipinski definition) is 6. The highest BCUT2D eigenvalue weighted by Gasteiger charge is 2.12. The minimum Gasteiger partial charge on any atom is -0.382 e. The van der Waals surface area contributed by atoms with E-state index in [9.17, 15) is 0 Å². The van der Waals surface area contributed by atoms with E-state index in [-0.39, 0.29) is 5.82 Å². The Morgan fingerprint density at radius 1 is 1.32 bits per heavy atom. The van der Waals surface area contributed by atoms with Gasteiger partial charge in [0.1, 0.15) is 10.8 Å². The maximum Gasteiger partial charge on any atom is 0.254 e. The number of rotatable bonds is 4. The largest absolute Gasteiger partial charge is 0.382 e. The average molecular weight is 316 g/mol. The van der Waals surface area contributed by atoms with E-state index in [1.165, 1.54) is 4.68 Å². The maximum atomic E-state index is 6.08. The summed E-state index contributed by atoms with van der Waals surface area (Å²) in [5.41, 5.74) is 7.52. The molecule has 0 unspecified atom stereocenters. The molecule has 8 heteroatoms. The van der Waals surface area contributed by atoms with E-state index in [1.54, 1.807) is 18.6 Å². The lowest BCUT2D eigenvalue weighted by atomic mass is 10.2. The van der Waals surface area contributed by atoms with Crippen molar-refractivity contribution in [3.05, 3.63) is 41.8 Å². The van der Waals surface area contributed by atoms with Gasteiger partial charge in [0.2, 0.25) is 0 Å². The molecule has 0 aliphatic rings. The van der Waals surface area contributed by atoms with Gasteiger partial charge in [0, 0.05) is 24.5 Å². The van der Waals surface area contributed by atoms with Gasteiger partial charge in [0.05, 0.1) is 11.9 Å². The molecule has 0 radical (unpaired) electrons. The van der Waals surface area contributed by atoms with Crippen LogP contribution in [0.2, 0.25) is 5.02 Å². The molecule has 0 saturated carbocycles. The molecule has 3 aromatic rings. The van der Waals surface area contributed by atoms with Crippen LogP contribution in [0.4, 0.5) is 11.6 Å². The summed E-state index contributed by atoms with van der Waals surface area (Å²) in [4.78, 5) is 12.8. The Labute approximate surface area is 132 Å². The van der Waals surface area contributed by atoms with Gasteiger partial charge in [-0.1, -0.05) is 17.7 Å². The lowest BCUT2D eigenvalue weighted by Gasteiger charge is -2.09. The highest BCUT2D eigenvalue weighted by molar-refractivity contribution is 6.35. The summed E-state index contributed by atoms with van der Waals surface area (Å²) in [6.07, 6.45) is 5.22. The minimum absolute atomic E-state index is 0.206. The zero-order valence-electron chi connectivity index (χ0n) is 11.9. The Bertz CT molecular complexity index is 785. The van der Waals surface area contributed by atoms with Crippen LogP contribution in [-0.4, -0.2) is 31.3 Å². The molecule has 3 N–H and O–H groups in total. The molecule has 112 valence electrons. The topological polar surface area (TPSA) is 94.5 Å². The summed E-state index contributed by atoms with van der Waals surface area (Å²) in [6, 6.07) is 5.68. The van der Waals surface area contributed by atoms with Crippen LogP contribution in [0.15, 0.2) is 36.8 Å². The van der Waals surface area contributed by atoms with Crippen LogP contribution >= 0.6 is 11.6 Å². The molecule has 0 saturated heterocycles. The lowest BCUT2D eigenvalue weighted by Crippen LogP contribution is -2.09. The van der Waals surface area contributed by atoms with Crippen LogP contribution in [-0.2, 0) is 0 Å². The number of nitrogen functional groups attached to an aromatic ring is 1. The fraction of sp³-hybridized carbons (Fsp3) is 0.143. The van der Waals surface area contributed by atoms with Gasteiger partial charge in [-0.25, -0.2) is 4.68 Å². The Hall–Kier alpha value is -2.67. The molecule has 0 amide bonds. The summed E-state index contributed by atoms with van der Waals surface area (Å²) >= 11 is 6.08. The molecule has 3 aromatic heterocycles. The van der Waals surface area contributed by atoms with Gasteiger partial charge < -0.3 is 11.1 Å². The SMILES string of the molecule is CCNc1nc(-n2cc(-c3ccccn3)cn2)nc(N)c1Cl. The van der Waals surface area contributed by atoms with Gasteiger partial charge in [-0.15, -0.1) is 0 Å². The summed E-state index contributed by atoms with van der Waals surface area (Å²) in [5.74, 6) is 1.04. The number of nitrogens with zero attached hydrogens (tertiary/aromatic N) is 5. The van der Waals surface area contributed by atoms with Gasteiger partial charge in [-0.2, -0.15) is 15.1 Å². The van der Waals surface area contributed by atoms with E-state index in [4.69, 9.17) is 17.3 Å². The predicted octanol–water partition coefficient (Wildman–Crippen LogP) is 2.39. The molecule has 0 fully saturated rings. The summed E-state index contributed by atoms with van der Waals surface area (Å²) < 4.78 is 1.54. The van der Waals surface area contributed by atoms with Crippen LogP contribution in [0.3, 0.4) is 0 Å². The quantitative estimate of drug-likeness (QED) is 0.767. The van der Waals surface area contributed by atoms with Crippen molar-refractivity contribution in [1.82, 2.24) is 24.7 Å². The molecular weight excluding hydrogens is 302 g/mol. The third-order valence-electron chi connectivity index (χ3n) is 2.96. The lowest BCUT2D eigenvalue weighted by molar-refractivity contribution is 0.811. The molecule has 0 spiro atoms. The number of hydrogen-bond donors (Lipinski definition) is 2. The van der Waals surface area contributed by atoms with Crippen molar-refractivity contribution in [3.8, 4) is 17.2 Å². The van der Waals surface area contributed by atoms with Crippen molar-refractivity contribution >= 4 is 23.2 Å². The normalized spacial score (nSPS) is 10.6. The summed E-state index contributed by atoms with van der Waals surface area (Å²) in [6.45, 7) is 2.62. The Kier molecular flexibility index (Phi) is 3.88. The zero-order valence-corrected chi connectivity index (χ0v) is 12.6. The maximum absolute atomic E-state index is 6.08. The Balaban J connectivity index is 2.00. The fourth-order valence-corrected chi connectivity index (χ4v) is 2.09. The van der Waals surface area contributed by atoms with E-state index >= 15 is 0 Å². The fourth-order valence-electron chi connectivity index (χ4n) is 1.94. The second-order valence-corrected chi connectivity index (χ2v) is 4.87. The van der Waals surface area contributed by atoms with Crippen LogP contribution in [0.1, 0.15) is 6.92 Å². The first kappa shape index (κ1) is 14.3. The van der Waals surface area contributed by atoms with Crippen molar-refractivity contribution in [1.29, 1.82) is 0 Å². The van der Waals surface area contributed by atoms with Crippen molar-refractivity contribution in [2.24, 2.45) is 0 Å². The van der Waals surface area contributed by atoms with Crippen LogP contribution < -0.4 is 11.1 Å². The number of aromatic nitrogens is 5. The summed E-state index contributed by atoms with van der Waals surface area (Å²) in [7, 11) is 0. The minimum atomic E-state index is 0.206. The Morgan fingerprint density at radius 2 is 2.18 bits per heavy atom. The molecule has 3 heterocycles. The van der Waals surface area contributed by atoms with Gasteiger partial charge in [0.15, 0.2) is 5.82 Å². The summed E-state index contributed by atoms with van der Waals surface area (Å²) in [5, 5.41) is 7.62. The average Bonchev–Trinajstić information content (AvgIpc) is 3.02. The first-order valence-corrected chi connectivity index (χ1v) is 7.10. The van der Waals surface area contributed by atoms with E-state index in [0.717, 1.165) is 11.3 Å². The Morgan fingerprint density at radius 3 is 2.91 bits per heavy atom. The number of nitrogens with two attached hydrogens (primary N) is 1. The molecule has 22 heavy (non-hydrogen) atoms. The third-order valence-corrected chi connectivity index (χ3v) is 3.33.